The van der Waals surface area contributed by atoms with E-state index in [-0.39, 0.29) is 5.91 Å². The third-order valence-electron chi connectivity index (χ3n) is 2.92. The second-order valence-corrected chi connectivity index (χ2v) is 5.23. The molecule has 2 heterocycles. The van der Waals surface area contributed by atoms with Crippen LogP contribution in [-0.4, -0.2) is 15.9 Å². The van der Waals surface area contributed by atoms with E-state index in [1.54, 1.807) is 0 Å². The van der Waals surface area contributed by atoms with E-state index in [9.17, 15) is 4.79 Å². The average Bonchev–Trinajstić information content (AvgIpc) is 3.01. The maximum Gasteiger partial charge on any atom is 0.261 e. The van der Waals surface area contributed by atoms with Gasteiger partial charge in [-0.15, -0.1) is 11.3 Å². The van der Waals surface area contributed by atoms with Crippen molar-refractivity contribution in [2.75, 3.05) is 0 Å². The monoisotopic (exact) mass is 271 g/mol. The fourth-order valence-electron chi connectivity index (χ4n) is 1.94. The Balaban J connectivity index is 1.72. The first-order valence-electron chi connectivity index (χ1n) is 6.00. The Labute approximate surface area is 114 Å². The molecule has 0 saturated carbocycles. The summed E-state index contributed by atoms with van der Waals surface area (Å²) in [6, 6.07) is 9.76. The molecule has 0 fully saturated rings. The van der Waals surface area contributed by atoms with Crippen LogP contribution in [0.2, 0.25) is 0 Å². The van der Waals surface area contributed by atoms with Gasteiger partial charge in [-0.1, -0.05) is 12.1 Å². The molecule has 0 aliphatic rings. The van der Waals surface area contributed by atoms with Gasteiger partial charge in [0.1, 0.15) is 5.82 Å². The van der Waals surface area contributed by atoms with E-state index in [2.05, 4.69) is 15.3 Å². The van der Waals surface area contributed by atoms with Crippen LogP contribution in [0.25, 0.3) is 11.0 Å². The van der Waals surface area contributed by atoms with E-state index in [0.717, 1.165) is 27.3 Å². The van der Waals surface area contributed by atoms with E-state index in [4.69, 9.17) is 0 Å². The quantitative estimate of drug-likeness (QED) is 0.769. The first kappa shape index (κ1) is 11.9. The van der Waals surface area contributed by atoms with E-state index >= 15 is 0 Å². The second-order valence-electron chi connectivity index (χ2n) is 4.32. The van der Waals surface area contributed by atoms with Gasteiger partial charge in [0.05, 0.1) is 22.5 Å². The molecule has 3 rings (SSSR count). The number of carbonyl (C=O) groups excluding carboxylic acids is 1. The van der Waals surface area contributed by atoms with E-state index < -0.39 is 0 Å². The molecule has 0 aliphatic heterocycles. The summed E-state index contributed by atoms with van der Waals surface area (Å²) in [5.74, 6) is 0.719. The second kappa shape index (κ2) is 4.85. The number of benzene rings is 1. The number of H-pyrrole nitrogens is 1. The summed E-state index contributed by atoms with van der Waals surface area (Å²) in [5, 5.41) is 4.80. The fourth-order valence-corrected chi connectivity index (χ4v) is 2.78. The maximum absolute atomic E-state index is 12.0. The van der Waals surface area contributed by atoms with E-state index in [0.29, 0.717) is 6.54 Å². The SMILES string of the molecule is Cc1ccsc1C(=O)NCc1nc2ccccc2[nH]1. The minimum atomic E-state index is -0.0482. The van der Waals surface area contributed by atoms with Crippen molar-refractivity contribution >= 4 is 28.3 Å². The van der Waals surface area contributed by atoms with Crippen LogP contribution < -0.4 is 5.32 Å². The molecule has 5 heteroatoms. The highest BCUT2D eigenvalue weighted by molar-refractivity contribution is 7.12. The Morgan fingerprint density at radius 3 is 2.95 bits per heavy atom. The van der Waals surface area contributed by atoms with Crippen LogP contribution in [0, 0.1) is 6.92 Å². The van der Waals surface area contributed by atoms with Crippen LogP contribution in [0.3, 0.4) is 0 Å². The minimum absolute atomic E-state index is 0.0482. The number of thiophene rings is 1. The molecule has 0 radical (unpaired) electrons. The predicted molar refractivity (Wildman–Crippen MR) is 76.3 cm³/mol. The van der Waals surface area contributed by atoms with Crippen LogP contribution in [0.5, 0.6) is 0 Å². The van der Waals surface area contributed by atoms with Crippen LogP contribution in [0.1, 0.15) is 21.1 Å². The molecule has 0 saturated heterocycles. The molecule has 0 atom stereocenters. The molecular formula is C14H13N3OS. The highest BCUT2D eigenvalue weighted by atomic mass is 32.1. The highest BCUT2D eigenvalue weighted by Gasteiger charge is 2.10. The Morgan fingerprint density at radius 1 is 1.37 bits per heavy atom. The van der Waals surface area contributed by atoms with Crippen LogP contribution in [-0.2, 0) is 6.54 Å². The Hall–Kier alpha value is -2.14. The Bertz CT molecular complexity index is 696. The summed E-state index contributed by atoms with van der Waals surface area (Å²) >= 11 is 1.46. The predicted octanol–water partition coefficient (Wildman–Crippen LogP) is 2.86. The lowest BCUT2D eigenvalue weighted by Crippen LogP contribution is -2.23. The summed E-state index contributed by atoms with van der Waals surface area (Å²) in [4.78, 5) is 20.3. The molecular weight excluding hydrogens is 258 g/mol. The van der Waals surface area contributed by atoms with Crippen molar-refractivity contribution in [1.82, 2.24) is 15.3 Å². The van der Waals surface area contributed by atoms with Crippen molar-refractivity contribution < 1.29 is 4.79 Å². The molecule has 0 bridgehead atoms. The molecule has 19 heavy (non-hydrogen) atoms. The van der Waals surface area contributed by atoms with Gasteiger partial charge in [-0.2, -0.15) is 0 Å². The van der Waals surface area contributed by atoms with E-state index in [1.165, 1.54) is 11.3 Å². The van der Waals surface area contributed by atoms with Gasteiger partial charge in [0.2, 0.25) is 0 Å². The molecule has 4 nitrogen and oxygen atoms in total. The topological polar surface area (TPSA) is 57.8 Å². The zero-order valence-corrected chi connectivity index (χ0v) is 11.3. The van der Waals surface area contributed by atoms with Gasteiger partial charge in [0.25, 0.3) is 5.91 Å². The number of carbonyl (C=O) groups is 1. The average molecular weight is 271 g/mol. The summed E-state index contributed by atoms with van der Waals surface area (Å²) in [7, 11) is 0. The lowest BCUT2D eigenvalue weighted by molar-refractivity contribution is 0.0953. The number of aromatic amines is 1. The van der Waals surface area contributed by atoms with Crippen molar-refractivity contribution in [3.8, 4) is 0 Å². The van der Waals surface area contributed by atoms with Crippen molar-refractivity contribution in [3.05, 3.63) is 52.0 Å². The van der Waals surface area contributed by atoms with Gasteiger partial charge in [-0.25, -0.2) is 4.98 Å². The maximum atomic E-state index is 12.0. The summed E-state index contributed by atoms with van der Waals surface area (Å²) in [6.45, 7) is 2.34. The Kier molecular flexibility index (Phi) is 3.05. The molecule has 96 valence electrons. The number of aryl methyl sites for hydroxylation is 1. The highest BCUT2D eigenvalue weighted by Crippen LogP contribution is 2.15. The lowest BCUT2D eigenvalue weighted by Gasteiger charge is -2.01. The van der Waals surface area contributed by atoms with Crippen LogP contribution in [0.4, 0.5) is 0 Å². The number of para-hydroxylation sites is 2. The number of aromatic nitrogens is 2. The first-order valence-corrected chi connectivity index (χ1v) is 6.88. The van der Waals surface area contributed by atoms with Gasteiger partial charge in [-0.05, 0) is 36.1 Å². The summed E-state index contributed by atoms with van der Waals surface area (Å²) < 4.78 is 0. The number of fused-ring (bicyclic) bond motifs is 1. The van der Waals surface area contributed by atoms with Gasteiger partial charge in [-0.3, -0.25) is 4.79 Å². The molecule has 0 unspecified atom stereocenters. The largest absolute Gasteiger partial charge is 0.344 e. The van der Waals surface area contributed by atoms with Gasteiger partial charge < -0.3 is 10.3 Å². The van der Waals surface area contributed by atoms with Gasteiger partial charge >= 0.3 is 0 Å². The third-order valence-corrected chi connectivity index (χ3v) is 3.94. The number of hydrogen-bond donors (Lipinski definition) is 2. The summed E-state index contributed by atoms with van der Waals surface area (Å²) in [5.41, 5.74) is 2.91. The lowest BCUT2D eigenvalue weighted by atomic mass is 10.3. The first-order chi connectivity index (χ1) is 9.24. The van der Waals surface area contributed by atoms with Crippen molar-refractivity contribution in [3.63, 3.8) is 0 Å². The zero-order valence-electron chi connectivity index (χ0n) is 10.4. The van der Waals surface area contributed by atoms with Gasteiger partial charge in [0, 0.05) is 0 Å². The smallest absolute Gasteiger partial charge is 0.261 e. The molecule has 2 N–H and O–H groups in total. The molecule has 2 aromatic heterocycles. The van der Waals surface area contributed by atoms with Gasteiger partial charge in [0.15, 0.2) is 0 Å². The van der Waals surface area contributed by atoms with Crippen molar-refractivity contribution in [2.45, 2.75) is 13.5 Å². The van der Waals surface area contributed by atoms with E-state index in [1.807, 2.05) is 42.6 Å². The Morgan fingerprint density at radius 2 is 2.21 bits per heavy atom. The van der Waals surface area contributed by atoms with Crippen molar-refractivity contribution in [1.29, 1.82) is 0 Å². The molecule has 3 aromatic rings. The van der Waals surface area contributed by atoms with Crippen LogP contribution in [0.15, 0.2) is 35.7 Å². The van der Waals surface area contributed by atoms with Crippen molar-refractivity contribution in [2.24, 2.45) is 0 Å². The molecule has 1 amide bonds. The minimum Gasteiger partial charge on any atom is -0.344 e. The number of hydrogen-bond acceptors (Lipinski definition) is 3. The summed E-state index contributed by atoms with van der Waals surface area (Å²) in [6.07, 6.45) is 0. The normalized spacial score (nSPS) is 10.8. The zero-order chi connectivity index (χ0) is 13.2. The number of amides is 1. The molecule has 1 aromatic carbocycles. The standard InChI is InChI=1S/C14H13N3OS/c1-9-6-7-19-13(9)14(18)15-8-12-16-10-4-2-3-5-11(10)17-12/h2-7H,8H2,1H3,(H,15,18)(H,16,17). The number of nitrogens with one attached hydrogen (secondary N) is 2. The molecule has 0 spiro atoms. The number of nitrogens with zero attached hydrogens (tertiary/aromatic N) is 1. The fraction of sp³-hybridized carbons (Fsp3) is 0.143. The van der Waals surface area contributed by atoms with Crippen LogP contribution >= 0.6 is 11.3 Å². The number of rotatable bonds is 3. The molecule has 0 aliphatic carbocycles. The number of imidazole rings is 1. The third kappa shape index (κ3) is 2.37.